The minimum Gasteiger partial charge on any atom is -0.464 e. The van der Waals surface area contributed by atoms with Crippen LogP contribution in [0.25, 0.3) is 0 Å². The van der Waals surface area contributed by atoms with Crippen molar-refractivity contribution < 1.29 is 9.15 Å². The maximum absolute atomic E-state index is 5.68. The highest BCUT2D eigenvalue weighted by atomic mass is 16.5. The van der Waals surface area contributed by atoms with E-state index in [1.807, 2.05) is 36.9 Å². The summed E-state index contributed by atoms with van der Waals surface area (Å²) in [5.74, 6) is 1.81. The molecular weight excluding hydrogens is 230 g/mol. The summed E-state index contributed by atoms with van der Waals surface area (Å²) in [5, 5.41) is 7.57. The standard InChI is InChI=1S/C13H19N3O2/c1-10-4-5-12(18-10)13(14-2)11-6-7-15-16(11)8-9-17-3/h4-7,13-14H,8-9H2,1-3H3. The third-order valence-corrected chi connectivity index (χ3v) is 2.89. The van der Waals surface area contributed by atoms with Gasteiger partial charge in [0.05, 0.1) is 18.8 Å². The molecule has 1 N–H and O–H groups in total. The van der Waals surface area contributed by atoms with Crippen molar-refractivity contribution in [3.8, 4) is 0 Å². The van der Waals surface area contributed by atoms with Crippen LogP contribution in [-0.2, 0) is 11.3 Å². The van der Waals surface area contributed by atoms with Gasteiger partial charge in [0.15, 0.2) is 0 Å². The first-order valence-electron chi connectivity index (χ1n) is 6.00. The fourth-order valence-corrected chi connectivity index (χ4v) is 2.00. The van der Waals surface area contributed by atoms with Crippen LogP contribution in [0.5, 0.6) is 0 Å². The molecule has 5 heteroatoms. The van der Waals surface area contributed by atoms with Crippen molar-refractivity contribution in [1.82, 2.24) is 15.1 Å². The minimum absolute atomic E-state index is 0.0121. The van der Waals surface area contributed by atoms with E-state index < -0.39 is 0 Å². The molecule has 98 valence electrons. The second-order valence-electron chi connectivity index (χ2n) is 4.14. The lowest BCUT2D eigenvalue weighted by Crippen LogP contribution is -2.22. The van der Waals surface area contributed by atoms with Gasteiger partial charge < -0.3 is 14.5 Å². The summed E-state index contributed by atoms with van der Waals surface area (Å²) in [6.45, 7) is 3.32. The van der Waals surface area contributed by atoms with Crippen LogP contribution in [-0.4, -0.2) is 30.5 Å². The summed E-state index contributed by atoms with van der Waals surface area (Å²) in [6, 6.07) is 5.96. The molecule has 1 unspecified atom stereocenters. The Morgan fingerprint density at radius 2 is 2.28 bits per heavy atom. The summed E-state index contributed by atoms with van der Waals surface area (Å²) >= 11 is 0. The zero-order valence-electron chi connectivity index (χ0n) is 11.0. The van der Waals surface area contributed by atoms with E-state index in [0.29, 0.717) is 6.61 Å². The van der Waals surface area contributed by atoms with Crippen LogP contribution in [0.15, 0.2) is 28.8 Å². The molecule has 0 saturated carbocycles. The van der Waals surface area contributed by atoms with E-state index in [1.54, 1.807) is 13.3 Å². The predicted octanol–water partition coefficient (Wildman–Crippen LogP) is 1.74. The fourth-order valence-electron chi connectivity index (χ4n) is 2.00. The Bertz CT molecular complexity index is 490. The predicted molar refractivity (Wildman–Crippen MR) is 68.5 cm³/mol. The zero-order chi connectivity index (χ0) is 13.0. The number of hydrogen-bond donors (Lipinski definition) is 1. The van der Waals surface area contributed by atoms with Gasteiger partial charge in [-0.3, -0.25) is 4.68 Å². The van der Waals surface area contributed by atoms with Gasteiger partial charge in [0.2, 0.25) is 0 Å². The van der Waals surface area contributed by atoms with Crippen molar-refractivity contribution in [1.29, 1.82) is 0 Å². The van der Waals surface area contributed by atoms with Crippen LogP contribution in [0.3, 0.4) is 0 Å². The Morgan fingerprint density at radius 3 is 2.89 bits per heavy atom. The first-order valence-corrected chi connectivity index (χ1v) is 6.00. The molecule has 5 nitrogen and oxygen atoms in total. The fraction of sp³-hybridized carbons (Fsp3) is 0.462. The van der Waals surface area contributed by atoms with Crippen LogP contribution in [0, 0.1) is 6.92 Å². The van der Waals surface area contributed by atoms with Crippen molar-refractivity contribution in [2.75, 3.05) is 20.8 Å². The van der Waals surface area contributed by atoms with Gasteiger partial charge in [0, 0.05) is 13.3 Å². The van der Waals surface area contributed by atoms with Gasteiger partial charge in [0.1, 0.15) is 17.6 Å². The largest absolute Gasteiger partial charge is 0.464 e. The molecule has 0 saturated heterocycles. The molecule has 1 atom stereocenters. The van der Waals surface area contributed by atoms with Crippen molar-refractivity contribution in [2.45, 2.75) is 19.5 Å². The second kappa shape index (κ2) is 5.84. The van der Waals surface area contributed by atoms with E-state index in [4.69, 9.17) is 9.15 Å². The molecule has 2 aromatic heterocycles. The van der Waals surface area contributed by atoms with Crippen LogP contribution in [0.4, 0.5) is 0 Å². The number of methoxy groups -OCH3 is 1. The molecule has 0 aliphatic carbocycles. The summed E-state index contributed by atoms with van der Waals surface area (Å²) in [5.41, 5.74) is 1.07. The summed E-state index contributed by atoms with van der Waals surface area (Å²) < 4.78 is 12.7. The first-order chi connectivity index (χ1) is 8.76. The van der Waals surface area contributed by atoms with E-state index in [0.717, 1.165) is 23.8 Å². The zero-order valence-corrected chi connectivity index (χ0v) is 11.0. The Morgan fingerprint density at radius 1 is 1.44 bits per heavy atom. The van der Waals surface area contributed by atoms with Gasteiger partial charge in [-0.15, -0.1) is 0 Å². The first kappa shape index (κ1) is 12.9. The van der Waals surface area contributed by atoms with Gasteiger partial charge in [-0.1, -0.05) is 0 Å². The summed E-state index contributed by atoms with van der Waals surface area (Å²) in [7, 11) is 3.60. The Kier molecular flexibility index (Phi) is 4.17. The third-order valence-electron chi connectivity index (χ3n) is 2.89. The van der Waals surface area contributed by atoms with Gasteiger partial charge in [-0.05, 0) is 32.2 Å². The number of ether oxygens (including phenoxy) is 1. The monoisotopic (exact) mass is 249 g/mol. The van der Waals surface area contributed by atoms with E-state index in [9.17, 15) is 0 Å². The topological polar surface area (TPSA) is 52.2 Å². The number of hydrogen-bond acceptors (Lipinski definition) is 4. The van der Waals surface area contributed by atoms with E-state index >= 15 is 0 Å². The number of aryl methyl sites for hydroxylation is 1. The highest BCUT2D eigenvalue weighted by Gasteiger charge is 2.19. The number of nitrogens with zero attached hydrogens (tertiary/aromatic N) is 2. The molecule has 2 aromatic rings. The Hall–Kier alpha value is -1.59. The smallest absolute Gasteiger partial charge is 0.127 e. The normalized spacial score (nSPS) is 12.8. The molecular formula is C13H19N3O2. The number of nitrogens with one attached hydrogen (secondary N) is 1. The lowest BCUT2D eigenvalue weighted by atomic mass is 10.1. The van der Waals surface area contributed by atoms with Crippen molar-refractivity contribution >= 4 is 0 Å². The lowest BCUT2D eigenvalue weighted by Gasteiger charge is -2.15. The molecule has 2 rings (SSSR count). The highest BCUT2D eigenvalue weighted by Crippen LogP contribution is 2.23. The second-order valence-corrected chi connectivity index (χ2v) is 4.14. The van der Waals surface area contributed by atoms with Crippen molar-refractivity contribution in [3.05, 3.63) is 41.6 Å². The van der Waals surface area contributed by atoms with Crippen molar-refractivity contribution in [3.63, 3.8) is 0 Å². The van der Waals surface area contributed by atoms with Gasteiger partial charge in [-0.25, -0.2) is 0 Å². The SMILES string of the molecule is CNC(c1ccc(C)o1)c1ccnn1CCOC. The maximum Gasteiger partial charge on any atom is 0.127 e. The molecule has 0 fully saturated rings. The minimum atomic E-state index is 0.0121. The number of furan rings is 1. The third kappa shape index (κ3) is 2.63. The molecule has 0 amide bonds. The van der Waals surface area contributed by atoms with Crippen LogP contribution >= 0.6 is 0 Å². The molecule has 2 heterocycles. The molecule has 0 bridgehead atoms. The molecule has 0 spiro atoms. The molecule has 18 heavy (non-hydrogen) atoms. The average Bonchev–Trinajstić information content (AvgIpc) is 2.98. The number of rotatable bonds is 6. The highest BCUT2D eigenvalue weighted by molar-refractivity contribution is 5.21. The summed E-state index contributed by atoms with van der Waals surface area (Å²) in [6.07, 6.45) is 1.80. The molecule has 0 aliphatic heterocycles. The van der Waals surface area contributed by atoms with Gasteiger partial charge >= 0.3 is 0 Å². The molecule has 0 aliphatic rings. The number of aromatic nitrogens is 2. The van der Waals surface area contributed by atoms with Crippen LogP contribution < -0.4 is 5.32 Å². The van der Waals surface area contributed by atoms with Gasteiger partial charge in [-0.2, -0.15) is 5.10 Å². The lowest BCUT2D eigenvalue weighted by molar-refractivity contribution is 0.181. The van der Waals surface area contributed by atoms with Gasteiger partial charge in [0.25, 0.3) is 0 Å². The van der Waals surface area contributed by atoms with E-state index in [1.165, 1.54) is 0 Å². The van der Waals surface area contributed by atoms with E-state index in [2.05, 4.69) is 10.4 Å². The average molecular weight is 249 g/mol. The van der Waals surface area contributed by atoms with Crippen LogP contribution in [0.2, 0.25) is 0 Å². The van der Waals surface area contributed by atoms with E-state index in [-0.39, 0.29) is 6.04 Å². The Balaban J connectivity index is 2.24. The molecule has 0 aromatic carbocycles. The van der Waals surface area contributed by atoms with Crippen LogP contribution in [0.1, 0.15) is 23.3 Å². The summed E-state index contributed by atoms with van der Waals surface area (Å²) in [4.78, 5) is 0. The molecule has 0 radical (unpaired) electrons. The Labute approximate surface area is 107 Å². The quantitative estimate of drug-likeness (QED) is 0.847. The van der Waals surface area contributed by atoms with Crippen molar-refractivity contribution in [2.24, 2.45) is 0 Å². The maximum atomic E-state index is 5.68.